The normalized spacial score (nSPS) is 17.3. The SMILES string of the molecule is CCO/N=C(\CC)C1=C(O)CC(c2cccc(Oc3ccc(Cl)c(Cl)c3)c2)CC1=O. The smallest absolute Gasteiger partial charge is 0.168 e. The molecule has 7 heteroatoms. The highest BCUT2D eigenvalue weighted by molar-refractivity contribution is 6.42. The van der Waals surface area contributed by atoms with Crippen molar-refractivity contribution in [1.29, 1.82) is 0 Å². The lowest BCUT2D eigenvalue weighted by Gasteiger charge is -2.24. The Morgan fingerprint density at radius 1 is 1.10 bits per heavy atom. The van der Waals surface area contributed by atoms with Gasteiger partial charge in [0.1, 0.15) is 23.9 Å². The second-order valence-corrected chi connectivity index (χ2v) is 7.72. The number of benzene rings is 2. The number of halogens is 2. The zero-order valence-electron chi connectivity index (χ0n) is 16.8. The summed E-state index contributed by atoms with van der Waals surface area (Å²) in [5.74, 6) is 0.932. The van der Waals surface area contributed by atoms with E-state index in [9.17, 15) is 9.90 Å². The topological polar surface area (TPSA) is 68.1 Å². The predicted octanol–water partition coefficient (Wildman–Crippen LogP) is 6.85. The van der Waals surface area contributed by atoms with Crippen molar-refractivity contribution >= 4 is 34.7 Å². The third kappa shape index (κ3) is 5.15. The summed E-state index contributed by atoms with van der Waals surface area (Å²) in [7, 11) is 0. The molecule has 0 aliphatic heterocycles. The van der Waals surface area contributed by atoms with Gasteiger partial charge < -0.3 is 14.7 Å². The van der Waals surface area contributed by atoms with Gasteiger partial charge >= 0.3 is 0 Å². The zero-order chi connectivity index (χ0) is 21.7. The first kappa shape index (κ1) is 22.2. The van der Waals surface area contributed by atoms with Crippen molar-refractivity contribution in [1.82, 2.24) is 0 Å². The van der Waals surface area contributed by atoms with Crippen LogP contribution in [0.2, 0.25) is 10.0 Å². The number of allylic oxidation sites excluding steroid dienone is 2. The van der Waals surface area contributed by atoms with Crippen LogP contribution in [0.15, 0.2) is 59.0 Å². The average molecular weight is 448 g/mol. The molecule has 1 N–H and O–H groups in total. The number of hydrogen-bond donors (Lipinski definition) is 1. The van der Waals surface area contributed by atoms with Gasteiger partial charge in [0.05, 0.1) is 21.3 Å². The van der Waals surface area contributed by atoms with Gasteiger partial charge in [0.2, 0.25) is 0 Å². The van der Waals surface area contributed by atoms with Crippen LogP contribution in [0.1, 0.15) is 44.6 Å². The fourth-order valence-corrected chi connectivity index (χ4v) is 3.68. The lowest BCUT2D eigenvalue weighted by atomic mass is 9.81. The molecule has 0 heterocycles. The molecule has 2 aromatic rings. The van der Waals surface area contributed by atoms with Gasteiger partial charge in [0.25, 0.3) is 0 Å². The Morgan fingerprint density at radius 2 is 1.87 bits per heavy atom. The Bertz CT molecular complexity index is 1000. The minimum atomic E-state index is -0.149. The molecule has 1 aliphatic carbocycles. The van der Waals surface area contributed by atoms with Crippen molar-refractivity contribution in [3.8, 4) is 11.5 Å². The number of ketones is 1. The average Bonchev–Trinajstić information content (AvgIpc) is 2.72. The van der Waals surface area contributed by atoms with Crippen LogP contribution in [0.4, 0.5) is 0 Å². The van der Waals surface area contributed by atoms with E-state index < -0.39 is 0 Å². The van der Waals surface area contributed by atoms with Gasteiger partial charge in [0, 0.05) is 18.9 Å². The van der Waals surface area contributed by atoms with Gasteiger partial charge in [-0.1, -0.05) is 47.4 Å². The molecule has 30 heavy (non-hydrogen) atoms. The maximum absolute atomic E-state index is 12.8. The fraction of sp³-hybridized carbons (Fsp3) is 0.304. The Kier molecular flexibility index (Phi) is 7.40. The third-order valence-corrected chi connectivity index (χ3v) is 5.56. The molecule has 0 saturated heterocycles. The summed E-state index contributed by atoms with van der Waals surface area (Å²) >= 11 is 12.0. The van der Waals surface area contributed by atoms with E-state index in [1.54, 1.807) is 18.2 Å². The summed E-state index contributed by atoms with van der Waals surface area (Å²) < 4.78 is 5.88. The number of aliphatic hydroxyl groups is 1. The lowest BCUT2D eigenvalue weighted by Crippen LogP contribution is -2.23. The van der Waals surface area contributed by atoms with E-state index in [4.69, 9.17) is 32.8 Å². The van der Waals surface area contributed by atoms with Crippen LogP contribution >= 0.6 is 23.2 Å². The number of carbonyl (C=O) groups is 1. The molecule has 3 rings (SSSR count). The number of hydrogen-bond acceptors (Lipinski definition) is 5. The first-order chi connectivity index (χ1) is 14.4. The summed E-state index contributed by atoms with van der Waals surface area (Å²) in [6.45, 7) is 4.10. The van der Waals surface area contributed by atoms with Crippen molar-refractivity contribution in [2.75, 3.05) is 6.61 Å². The molecule has 5 nitrogen and oxygen atoms in total. The van der Waals surface area contributed by atoms with Crippen molar-refractivity contribution in [3.05, 3.63) is 69.4 Å². The van der Waals surface area contributed by atoms with Crippen LogP contribution in [0.5, 0.6) is 11.5 Å². The highest BCUT2D eigenvalue weighted by Crippen LogP contribution is 2.37. The van der Waals surface area contributed by atoms with E-state index in [1.807, 2.05) is 38.1 Å². The molecule has 0 fully saturated rings. The van der Waals surface area contributed by atoms with E-state index in [0.29, 0.717) is 46.7 Å². The first-order valence-corrected chi connectivity index (χ1v) is 10.6. The predicted molar refractivity (Wildman–Crippen MR) is 119 cm³/mol. The number of aliphatic hydroxyl groups excluding tert-OH is 1. The Labute approximate surface area is 185 Å². The molecule has 0 spiro atoms. The van der Waals surface area contributed by atoms with Crippen LogP contribution in [0.25, 0.3) is 0 Å². The number of Topliss-reactive ketones (excluding diaryl/α,β-unsaturated/α-hetero) is 1. The zero-order valence-corrected chi connectivity index (χ0v) is 18.3. The second kappa shape index (κ2) is 10.0. The lowest BCUT2D eigenvalue weighted by molar-refractivity contribution is -0.116. The quantitative estimate of drug-likeness (QED) is 0.372. The molecule has 1 unspecified atom stereocenters. The molecule has 1 atom stereocenters. The maximum Gasteiger partial charge on any atom is 0.168 e. The highest BCUT2D eigenvalue weighted by atomic mass is 35.5. The number of nitrogens with zero attached hydrogens (tertiary/aromatic N) is 1. The third-order valence-electron chi connectivity index (χ3n) is 4.82. The van der Waals surface area contributed by atoms with Crippen LogP contribution < -0.4 is 4.74 Å². The van der Waals surface area contributed by atoms with E-state index in [1.165, 1.54) is 0 Å². The standard InChI is InChI=1S/C23H23Cl2NO4/c1-3-20(26-29-4-2)23-21(27)11-15(12-22(23)28)14-6-5-7-16(10-14)30-17-8-9-18(24)19(25)13-17/h5-10,13,15,27H,3-4,11-12H2,1-2H3/b26-20+. The van der Waals surface area contributed by atoms with Crippen molar-refractivity contribution in [2.45, 2.75) is 39.0 Å². The molecule has 0 bridgehead atoms. The van der Waals surface area contributed by atoms with Gasteiger partial charge in [-0.2, -0.15) is 0 Å². The van der Waals surface area contributed by atoms with E-state index in [-0.39, 0.29) is 29.5 Å². The molecule has 1 aliphatic rings. The Morgan fingerprint density at radius 3 is 2.53 bits per heavy atom. The molecule has 158 valence electrons. The largest absolute Gasteiger partial charge is 0.511 e. The number of oxime groups is 1. The summed E-state index contributed by atoms with van der Waals surface area (Å²) in [5, 5.41) is 15.5. The molecule has 0 saturated carbocycles. The van der Waals surface area contributed by atoms with Crippen LogP contribution in [-0.2, 0) is 9.63 Å². The van der Waals surface area contributed by atoms with Crippen molar-refractivity contribution in [3.63, 3.8) is 0 Å². The van der Waals surface area contributed by atoms with Crippen LogP contribution in [0.3, 0.4) is 0 Å². The minimum absolute atomic E-state index is 0.0485. The van der Waals surface area contributed by atoms with Crippen molar-refractivity contribution < 1.29 is 19.5 Å². The number of carbonyl (C=O) groups excluding carboxylic acids is 1. The molecule has 0 radical (unpaired) electrons. The molecular formula is C23H23Cl2NO4. The molecule has 0 amide bonds. The van der Waals surface area contributed by atoms with E-state index in [0.717, 1.165) is 5.56 Å². The van der Waals surface area contributed by atoms with Gasteiger partial charge in [-0.15, -0.1) is 0 Å². The first-order valence-electron chi connectivity index (χ1n) is 9.80. The van der Waals surface area contributed by atoms with Gasteiger partial charge in [-0.05, 0) is 49.1 Å². The summed E-state index contributed by atoms with van der Waals surface area (Å²) in [5.41, 5.74) is 1.67. The van der Waals surface area contributed by atoms with E-state index >= 15 is 0 Å². The molecule has 0 aromatic heterocycles. The monoisotopic (exact) mass is 447 g/mol. The maximum atomic E-state index is 12.8. The van der Waals surface area contributed by atoms with Gasteiger partial charge in [-0.25, -0.2) is 0 Å². The number of rotatable bonds is 7. The summed E-state index contributed by atoms with van der Waals surface area (Å²) in [6.07, 6.45) is 1.13. The summed E-state index contributed by atoms with van der Waals surface area (Å²) in [6, 6.07) is 12.5. The van der Waals surface area contributed by atoms with Crippen molar-refractivity contribution in [2.24, 2.45) is 5.16 Å². The highest BCUT2D eigenvalue weighted by Gasteiger charge is 2.31. The van der Waals surface area contributed by atoms with Crippen LogP contribution in [-0.4, -0.2) is 23.2 Å². The fourth-order valence-electron chi connectivity index (χ4n) is 3.40. The Hall–Kier alpha value is -2.50. The second-order valence-electron chi connectivity index (χ2n) is 6.91. The Balaban J connectivity index is 1.81. The minimum Gasteiger partial charge on any atom is -0.511 e. The van der Waals surface area contributed by atoms with Gasteiger partial charge in [-0.3, -0.25) is 4.79 Å². The molecule has 2 aromatic carbocycles. The molecular weight excluding hydrogens is 425 g/mol. The number of ether oxygens (including phenoxy) is 1. The van der Waals surface area contributed by atoms with E-state index in [2.05, 4.69) is 5.16 Å². The van der Waals surface area contributed by atoms with Gasteiger partial charge in [0.15, 0.2) is 5.78 Å². The van der Waals surface area contributed by atoms with Crippen LogP contribution in [0, 0.1) is 0 Å². The summed E-state index contributed by atoms with van der Waals surface area (Å²) in [4.78, 5) is 17.9.